The normalized spacial score (nSPS) is 28.8. The van der Waals surface area contributed by atoms with E-state index in [0.717, 1.165) is 25.6 Å². The molecule has 3 unspecified atom stereocenters. The molecular formula is C15H18F2N2O. The second kappa shape index (κ2) is 5.13. The molecule has 0 aliphatic carbocycles. The van der Waals surface area contributed by atoms with E-state index in [1.54, 1.807) is 0 Å². The van der Waals surface area contributed by atoms with Gasteiger partial charge in [-0.3, -0.25) is 4.79 Å². The van der Waals surface area contributed by atoms with Crippen molar-refractivity contribution in [3.05, 3.63) is 35.4 Å². The lowest BCUT2D eigenvalue weighted by atomic mass is 10.0. The van der Waals surface area contributed by atoms with Crippen molar-refractivity contribution >= 4 is 5.91 Å². The number of halogens is 2. The maximum atomic E-state index is 13.7. The minimum atomic E-state index is -0.909. The molecule has 5 heteroatoms. The van der Waals surface area contributed by atoms with Gasteiger partial charge in [0.15, 0.2) is 11.6 Å². The number of hydrogen-bond donors (Lipinski definition) is 1. The molecule has 2 fully saturated rings. The lowest BCUT2D eigenvalue weighted by Crippen LogP contribution is -2.43. The quantitative estimate of drug-likeness (QED) is 0.894. The molecule has 0 aromatic heterocycles. The summed E-state index contributed by atoms with van der Waals surface area (Å²) in [6.07, 6.45) is 0.909. The van der Waals surface area contributed by atoms with Gasteiger partial charge >= 0.3 is 0 Å². The van der Waals surface area contributed by atoms with Crippen LogP contribution in [0.5, 0.6) is 0 Å². The van der Waals surface area contributed by atoms with Crippen LogP contribution in [0.4, 0.5) is 8.78 Å². The first-order valence-corrected chi connectivity index (χ1v) is 7.02. The van der Waals surface area contributed by atoms with Crippen LogP contribution >= 0.6 is 0 Å². The summed E-state index contributed by atoms with van der Waals surface area (Å²) in [6, 6.07) is 4.36. The Balaban J connectivity index is 1.77. The predicted octanol–water partition coefficient (Wildman–Crippen LogP) is 1.72. The van der Waals surface area contributed by atoms with Crippen molar-refractivity contribution < 1.29 is 13.6 Å². The molecule has 2 heterocycles. The molecule has 1 aromatic carbocycles. The van der Waals surface area contributed by atoms with Crippen molar-refractivity contribution in [2.45, 2.75) is 31.8 Å². The highest BCUT2D eigenvalue weighted by atomic mass is 19.2. The third-order valence-corrected chi connectivity index (χ3v) is 4.44. The number of hydrogen-bond acceptors (Lipinski definition) is 2. The predicted molar refractivity (Wildman–Crippen MR) is 71.1 cm³/mol. The summed E-state index contributed by atoms with van der Waals surface area (Å²) in [6.45, 7) is 3.76. The topological polar surface area (TPSA) is 32.3 Å². The molecule has 2 aliphatic heterocycles. The number of rotatable bonds is 2. The van der Waals surface area contributed by atoms with E-state index in [4.69, 9.17) is 0 Å². The SMILES string of the molecule is CC1CC2CNCC2N1C(=O)Cc1cccc(F)c1F. The maximum Gasteiger partial charge on any atom is 0.227 e. The summed E-state index contributed by atoms with van der Waals surface area (Å²) < 4.78 is 26.8. The van der Waals surface area contributed by atoms with E-state index in [9.17, 15) is 13.6 Å². The molecule has 0 radical (unpaired) electrons. The zero-order valence-electron chi connectivity index (χ0n) is 11.4. The number of carbonyl (C=O) groups excluding carboxylic acids is 1. The van der Waals surface area contributed by atoms with Crippen LogP contribution in [0.3, 0.4) is 0 Å². The molecule has 3 nitrogen and oxygen atoms in total. The Morgan fingerprint density at radius 3 is 3.00 bits per heavy atom. The number of fused-ring (bicyclic) bond motifs is 1. The van der Waals surface area contributed by atoms with Gasteiger partial charge in [0, 0.05) is 30.7 Å². The summed E-state index contributed by atoms with van der Waals surface area (Å²) in [7, 11) is 0. The Kier molecular flexibility index (Phi) is 3.46. The lowest BCUT2D eigenvalue weighted by Gasteiger charge is -2.27. The van der Waals surface area contributed by atoms with Gasteiger partial charge in [0.25, 0.3) is 0 Å². The molecule has 108 valence electrons. The number of likely N-dealkylation sites (tertiary alicyclic amines) is 1. The number of amides is 1. The monoisotopic (exact) mass is 280 g/mol. The molecule has 3 rings (SSSR count). The summed E-state index contributed by atoms with van der Waals surface area (Å²) in [5, 5.41) is 3.29. The number of nitrogens with zero attached hydrogens (tertiary/aromatic N) is 1. The lowest BCUT2D eigenvalue weighted by molar-refractivity contribution is -0.133. The summed E-state index contributed by atoms with van der Waals surface area (Å²) >= 11 is 0. The van der Waals surface area contributed by atoms with Crippen LogP contribution < -0.4 is 5.32 Å². The molecule has 2 aliphatic rings. The van der Waals surface area contributed by atoms with Gasteiger partial charge in [0.2, 0.25) is 5.91 Å². The van der Waals surface area contributed by atoms with E-state index in [2.05, 4.69) is 5.32 Å². The Morgan fingerprint density at radius 1 is 1.40 bits per heavy atom. The van der Waals surface area contributed by atoms with Gasteiger partial charge in [-0.25, -0.2) is 8.78 Å². The van der Waals surface area contributed by atoms with E-state index < -0.39 is 11.6 Å². The third kappa shape index (κ3) is 2.20. The Morgan fingerprint density at radius 2 is 2.20 bits per heavy atom. The molecule has 3 atom stereocenters. The van der Waals surface area contributed by atoms with E-state index >= 15 is 0 Å². The number of carbonyl (C=O) groups is 1. The summed E-state index contributed by atoms with van der Waals surface area (Å²) in [4.78, 5) is 14.3. The Bertz CT molecular complexity index is 535. The van der Waals surface area contributed by atoms with Crippen LogP contribution in [0, 0.1) is 17.6 Å². The first-order valence-electron chi connectivity index (χ1n) is 7.02. The van der Waals surface area contributed by atoms with E-state index in [1.807, 2.05) is 11.8 Å². The number of nitrogens with one attached hydrogen (secondary N) is 1. The molecule has 0 bridgehead atoms. The van der Waals surface area contributed by atoms with E-state index in [-0.39, 0.29) is 30.0 Å². The van der Waals surface area contributed by atoms with Gasteiger partial charge in [-0.05, 0) is 25.3 Å². The van der Waals surface area contributed by atoms with Gasteiger partial charge in [0.05, 0.1) is 6.42 Å². The van der Waals surface area contributed by atoms with Crippen molar-refractivity contribution in [1.82, 2.24) is 10.2 Å². The zero-order chi connectivity index (χ0) is 14.3. The molecule has 1 N–H and O–H groups in total. The summed E-state index contributed by atoms with van der Waals surface area (Å²) in [5.41, 5.74) is 0.136. The molecule has 1 aromatic rings. The van der Waals surface area contributed by atoms with Gasteiger partial charge in [-0.2, -0.15) is 0 Å². The average molecular weight is 280 g/mol. The minimum absolute atomic E-state index is 0.0723. The molecule has 20 heavy (non-hydrogen) atoms. The second-order valence-corrected chi connectivity index (χ2v) is 5.76. The molecular weight excluding hydrogens is 262 g/mol. The van der Waals surface area contributed by atoms with Crippen molar-refractivity contribution in [2.75, 3.05) is 13.1 Å². The fourth-order valence-corrected chi connectivity index (χ4v) is 3.53. The Labute approximate surface area is 117 Å². The highest BCUT2D eigenvalue weighted by Gasteiger charge is 2.43. The van der Waals surface area contributed by atoms with Crippen LogP contribution in [0.15, 0.2) is 18.2 Å². The largest absolute Gasteiger partial charge is 0.335 e. The van der Waals surface area contributed by atoms with Crippen molar-refractivity contribution in [1.29, 1.82) is 0 Å². The fraction of sp³-hybridized carbons (Fsp3) is 0.533. The van der Waals surface area contributed by atoms with Crippen LogP contribution in [0.1, 0.15) is 18.9 Å². The molecule has 0 saturated carbocycles. The number of benzene rings is 1. The molecule has 2 saturated heterocycles. The maximum absolute atomic E-state index is 13.7. The highest BCUT2D eigenvalue weighted by molar-refractivity contribution is 5.80. The zero-order valence-corrected chi connectivity index (χ0v) is 11.4. The van der Waals surface area contributed by atoms with Crippen molar-refractivity contribution in [3.8, 4) is 0 Å². The molecule has 0 spiro atoms. The first kappa shape index (κ1) is 13.5. The minimum Gasteiger partial charge on any atom is -0.335 e. The van der Waals surface area contributed by atoms with E-state index in [0.29, 0.717) is 5.92 Å². The van der Waals surface area contributed by atoms with Crippen LogP contribution in [-0.4, -0.2) is 36.0 Å². The van der Waals surface area contributed by atoms with Crippen LogP contribution in [-0.2, 0) is 11.2 Å². The summed E-state index contributed by atoms with van der Waals surface area (Å²) in [5.74, 6) is -1.43. The Hall–Kier alpha value is -1.49. The first-order chi connectivity index (χ1) is 9.58. The fourth-order valence-electron chi connectivity index (χ4n) is 3.53. The van der Waals surface area contributed by atoms with Crippen LogP contribution in [0.25, 0.3) is 0 Å². The van der Waals surface area contributed by atoms with Gasteiger partial charge in [0.1, 0.15) is 0 Å². The third-order valence-electron chi connectivity index (χ3n) is 4.44. The standard InChI is InChI=1S/C15H18F2N2O/c1-9-5-11-7-18-8-13(11)19(9)14(20)6-10-3-2-4-12(16)15(10)17/h2-4,9,11,13,18H,5-8H2,1H3. The van der Waals surface area contributed by atoms with Gasteiger partial charge in [-0.1, -0.05) is 12.1 Å². The smallest absolute Gasteiger partial charge is 0.227 e. The second-order valence-electron chi connectivity index (χ2n) is 5.76. The highest BCUT2D eigenvalue weighted by Crippen LogP contribution is 2.32. The van der Waals surface area contributed by atoms with Crippen molar-refractivity contribution in [3.63, 3.8) is 0 Å². The van der Waals surface area contributed by atoms with Gasteiger partial charge in [-0.15, -0.1) is 0 Å². The average Bonchev–Trinajstić information content (AvgIpc) is 2.94. The van der Waals surface area contributed by atoms with E-state index in [1.165, 1.54) is 12.1 Å². The van der Waals surface area contributed by atoms with Crippen molar-refractivity contribution in [2.24, 2.45) is 5.92 Å². The molecule has 1 amide bonds. The van der Waals surface area contributed by atoms with Crippen LogP contribution in [0.2, 0.25) is 0 Å². The van der Waals surface area contributed by atoms with Gasteiger partial charge < -0.3 is 10.2 Å².